The standard InChI is InChI=1S/C11H16N4O3/c1-3-7(2)14-11(18)15-9(10(16)17)4-8-5-12-6-13-8/h3,5-7,9H,1,4H2,2H3,(H,12,13)(H,16,17)(H2,14,15,18)/t7?,9-/m1/s1. The van der Waals surface area contributed by atoms with Crippen molar-refractivity contribution in [3.05, 3.63) is 30.9 Å². The summed E-state index contributed by atoms with van der Waals surface area (Å²) in [5.41, 5.74) is 0.638. The van der Waals surface area contributed by atoms with Gasteiger partial charge in [0.05, 0.1) is 6.33 Å². The number of nitrogens with zero attached hydrogens (tertiary/aromatic N) is 1. The molecule has 98 valence electrons. The fraction of sp³-hybridized carbons (Fsp3) is 0.364. The van der Waals surface area contributed by atoms with Crippen molar-refractivity contribution in [3.63, 3.8) is 0 Å². The number of imidazole rings is 1. The largest absolute Gasteiger partial charge is 0.480 e. The minimum absolute atomic E-state index is 0.144. The number of H-pyrrole nitrogens is 1. The highest BCUT2D eigenvalue weighted by Crippen LogP contribution is 1.99. The molecule has 0 saturated carbocycles. The molecule has 18 heavy (non-hydrogen) atoms. The Bertz CT molecular complexity index is 416. The van der Waals surface area contributed by atoms with E-state index in [1.807, 2.05) is 0 Å². The molecule has 0 aliphatic heterocycles. The van der Waals surface area contributed by atoms with E-state index in [2.05, 4.69) is 27.2 Å². The van der Waals surface area contributed by atoms with E-state index in [0.717, 1.165) is 0 Å². The van der Waals surface area contributed by atoms with Gasteiger partial charge < -0.3 is 20.7 Å². The van der Waals surface area contributed by atoms with Gasteiger partial charge in [-0.05, 0) is 6.92 Å². The van der Waals surface area contributed by atoms with Crippen molar-refractivity contribution in [2.75, 3.05) is 0 Å². The van der Waals surface area contributed by atoms with Crippen LogP contribution in [0.25, 0.3) is 0 Å². The number of carboxylic acid groups (broad SMARTS) is 1. The summed E-state index contributed by atoms with van der Waals surface area (Å²) in [4.78, 5) is 29.1. The molecule has 7 nitrogen and oxygen atoms in total. The molecule has 0 aromatic carbocycles. The lowest BCUT2D eigenvalue weighted by atomic mass is 10.1. The zero-order chi connectivity index (χ0) is 13.5. The van der Waals surface area contributed by atoms with Gasteiger partial charge in [-0.1, -0.05) is 6.08 Å². The fourth-order valence-electron chi connectivity index (χ4n) is 1.28. The van der Waals surface area contributed by atoms with Gasteiger partial charge in [0.1, 0.15) is 6.04 Å². The molecular weight excluding hydrogens is 236 g/mol. The van der Waals surface area contributed by atoms with E-state index in [-0.39, 0.29) is 12.5 Å². The quantitative estimate of drug-likeness (QED) is 0.545. The Hall–Kier alpha value is -2.31. The van der Waals surface area contributed by atoms with Crippen LogP contribution in [0.1, 0.15) is 12.6 Å². The molecule has 7 heteroatoms. The van der Waals surface area contributed by atoms with Crippen molar-refractivity contribution in [3.8, 4) is 0 Å². The summed E-state index contributed by atoms with van der Waals surface area (Å²) in [6.45, 7) is 5.25. The third kappa shape index (κ3) is 4.28. The molecule has 1 rings (SSSR count). The van der Waals surface area contributed by atoms with Gasteiger partial charge >= 0.3 is 12.0 Å². The van der Waals surface area contributed by atoms with Crippen molar-refractivity contribution in [2.24, 2.45) is 0 Å². The fourth-order valence-corrected chi connectivity index (χ4v) is 1.28. The molecule has 2 atom stereocenters. The number of carbonyl (C=O) groups is 2. The highest BCUT2D eigenvalue weighted by atomic mass is 16.4. The summed E-state index contributed by atoms with van der Waals surface area (Å²) >= 11 is 0. The Morgan fingerprint density at radius 1 is 1.61 bits per heavy atom. The van der Waals surface area contributed by atoms with Gasteiger partial charge in [-0.25, -0.2) is 14.6 Å². The number of carboxylic acids is 1. The first-order valence-corrected chi connectivity index (χ1v) is 5.42. The molecule has 1 aromatic rings. The van der Waals surface area contributed by atoms with E-state index < -0.39 is 18.0 Å². The van der Waals surface area contributed by atoms with Crippen molar-refractivity contribution < 1.29 is 14.7 Å². The molecule has 0 bridgehead atoms. The molecule has 0 fully saturated rings. The second-order valence-corrected chi connectivity index (χ2v) is 3.81. The topological polar surface area (TPSA) is 107 Å². The SMILES string of the molecule is C=CC(C)NC(=O)N[C@H](Cc1cnc[nH]1)C(=O)O. The lowest BCUT2D eigenvalue weighted by Crippen LogP contribution is -2.49. The van der Waals surface area contributed by atoms with Gasteiger partial charge in [0.15, 0.2) is 0 Å². The van der Waals surface area contributed by atoms with E-state index in [4.69, 9.17) is 5.11 Å². The normalized spacial score (nSPS) is 13.4. The molecule has 4 N–H and O–H groups in total. The second-order valence-electron chi connectivity index (χ2n) is 3.81. The Morgan fingerprint density at radius 3 is 2.83 bits per heavy atom. The number of hydrogen-bond donors (Lipinski definition) is 4. The van der Waals surface area contributed by atoms with Gasteiger partial charge in [0.2, 0.25) is 0 Å². The first kappa shape index (κ1) is 13.8. The molecule has 0 aliphatic rings. The minimum Gasteiger partial charge on any atom is -0.480 e. The Morgan fingerprint density at radius 2 is 2.33 bits per heavy atom. The van der Waals surface area contributed by atoms with Crippen molar-refractivity contribution >= 4 is 12.0 Å². The third-order valence-corrected chi connectivity index (χ3v) is 2.29. The molecule has 0 spiro atoms. The summed E-state index contributed by atoms with van der Waals surface area (Å²) in [5, 5.41) is 13.9. The lowest BCUT2D eigenvalue weighted by molar-refractivity contribution is -0.139. The average molecular weight is 252 g/mol. The van der Waals surface area contributed by atoms with Gasteiger partial charge in [0.25, 0.3) is 0 Å². The highest BCUT2D eigenvalue weighted by molar-refractivity contribution is 5.82. The number of aromatic amines is 1. The zero-order valence-electron chi connectivity index (χ0n) is 10.0. The predicted molar refractivity (Wildman–Crippen MR) is 65.0 cm³/mol. The molecule has 0 aliphatic carbocycles. The first-order chi connectivity index (χ1) is 8.52. The number of urea groups is 1. The lowest BCUT2D eigenvalue weighted by Gasteiger charge is -2.16. The van der Waals surface area contributed by atoms with Crippen LogP contribution in [0.2, 0.25) is 0 Å². The molecule has 1 unspecified atom stereocenters. The van der Waals surface area contributed by atoms with Crippen LogP contribution in [0.4, 0.5) is 4.79 Å². The monoisotopic (exact) mass is 252 g/mol. The minimum atomic E-state index is -1.11. The molecule has 2 amide bonds. The Kier molecular flexibility index (Phi) is 4.91. The van der Waals surface area contributed by atoms with Crippen LogP contribution >= 0.6 is 0 Å². The van der Waals surface area contributed by atoms with E-state index in [1.54, 1.807) is 13.0 Å². The smallest absolute Gasteiger partial charge is 0.326 e. The molecule has 0 saturated heterocycles. The van der Waals surface area contributed by atoms with Crippen LogP contribution in [0.15, 0.2) is 25.2 Å². The number of rotatable bonds is 6. The maximum atomic E-state index is 11.5. The summed E-state index contributed by atoms with van der Waals surface area (Å²) in [6.07, 6.45) is 4.66. The average Bonchev–Trinajstić information content (AvgIpc) is 2.80. The van der Waals surface area contributed by atoms with Crippen LogP contribution in [-0.2, 0) is 11.2 Å². The van der Waals surface area contributed by atoms with Gasteiger partial charge in [-0.15, -0.1) is 6.58 Å². The van der Waals surface area contributed by atoms with Crippen molar-refractivity contribution in [2.45, 2.75) is 25.4 Å². The zero-order valence-corrected chi connectivity index (χ0v) is 10.0. The molecular formula is C11H16N4O3. The number of amides is 2. The molecule has 1 aromatic heterocycles. The Labute approximate surface area is 104 Å². The molecule has 0 radical (unpaired) electrons. The number of aliphatic carboxylic acids is 1. The summed E-state index contributed by atoms with van der Waals surface area (Å²) in [6, 6.07) is -1.79. The summed E-state index contributed by atoms with van der Waals surface area (Å²) in [5.74, 6) is -1.11. The third-order valence-electron chi connectivity index (χ3n) is 2.29. The van der Waals surface area contributed by atoms with Crippen LogP contribution < -0.4 is 10.6 Å². The maximum absolute atomic E-state index is 11.5. The van der Waals surface area contributed by atoms with E-state index in [1.165, 1.54) is 12.5 Å². The second kappa shape index (κ2) is 6.43. The number of carbonyl (C=O) groups excluding carboxylic acids is 1. The van der Waals surface area contributed by atoms with Crippen LogP contribution in [-0.4, -0.2) is 39.2 Å². The highest BCUT2D eigenvalue weighted by Gasteiger charge is 2.21. The summed E-state index contributed by atoms with van der Waals surface area (Å²) in [7, 11) is 0. The van der Waals surface area contributed by atoms with Crippen molar-refractivity contribution in [1.29, 1.82) is 0 Å². The van der Waals surface area contributed by atoms with Crippen LogP contribution in [0.5, 0.6) is 0 Å². The Balaban J connectivity index is 2.55. The van der Waals surface area contributed by atoms with Gasteiger partial charge in [-0.3, -0.25) is 0 Å². The van der Waals surface area contributed by atoms with Gasteiger partial charge in [-0.2, -0.15) is 0 Å². The maximum Gasteiger partial charge on any atom is 0.326 e. The number of hydrogen-bond acceptors (Lipinski definition) is 3. The molecule has 1 heterocycles. The van der Waals surface area contributed by atoms with Gasteiger partial charge in [0, 0.05) is 24.4 Å². The number of aromatic nitrogens is 2. The van der Waals surface area contributed by atoms with Crippen LogP contribution in [0.3, 0.4) is 0 Å². The summed E-state index contributed by atoms with van der Waals surface area (Å²) < 4.78 is 0. The van der Waals surface area contributed by atoms with E-state index >= 15 is 0 Å². The first-order valence-electron chi connectivity index (χ1n) is 5.42. The van der Waals surface area contributed by atoms with E-state index in [0.29, 0.717) is 5.69 Å². The van der Waals surface area contributed by atoms with Crippen molar-refractivity contribution in [1.82, 2.24) is 20.6 Å². The van der Waals surface area contributed by atoms with Crippen LogP contribution in [0, 0.1) is 0 Å². The number of nitrogens with one attached hydrogen (secondary N) is 3. The van der Waals surface area contributed by atoms with E-state index in [9.17, 15) is 9.59 Å². The predicted octanol–water partition coefficient (Wildman–Crippen LogP) is 0.279.